The third-order valence-corrected chi connectivity index (χ3v) is 8.53. The number of methoxy groups -OCH3 is 1. The zero-order chi connectivity index (χ0) is 22.7. The summed E-state index contributed by atoms with van der Waals surface area (Å²) in [5, 5.41) is 13.8. The fourth-order valence-corrected chi connectivity index (χ4v) is 6.59. The summed E-state index contributed by atoms with van der Waals surface area (Å²) in [6, 6.07) is 0.167. The van der Waals surface area contributed by atoms with Crippen molar-refractivity contribution >= 4 is 33.0 Å². The third-order valence-electron chi connectivity index (χ3n) is 6.52. The van der Waals surface area contributed by atoms with Crippen LogP contribution in [0, 0.1) is 0 Å². The molecule has 4 rings (SSSR count). The van der Waals surface area contributed by atoms with Crippen molar-refractivity contribution in [2.75, 3.05) is 39.2 Å². The standard InChI is InChI=1S/C20H34N3O7PS/c1-27-16-11-22(8-10-29-16)30-18(24)20(26,31)7-4-5-14-17-13(12-32-14)23(19(25)21-17)15-6-2-3-9-28-15/h13-17,26H,2-12,31H2,1H3,(H,21,25)/t13-,14-,15?,16?,17-,20?/m0/s1. The maximum absolute atomic E-state index is 12.6. The highest BCUT2D eigenvalue weighted by Crippen LogP contribution is 2.39. The van der Waals surface area contributed by atoms with Crippen LogP contribution < -0.4 is 5.32 Å². The van der Waals surface area contributed by atoms with Crippen LogP contribution in [0.5, 0.6) is 0 Å². The second-order valence-corrected chi connectivity index (χ2v) is 11.0. The average molecular weight is 492 g/mol. The van der Waals surface area contributed by atoms with E-state index in [1.807, 2.05) is 16.7 Å². The molecule has 12 heteroatoms. The molecule has 0 radical (unpaired) electrons. The lowest BCUT2D eigenvalue weighted by atomic mass is 10.0. The number of hydroxylamine groups is 2. The molecule has 4 unspecified atom stereocenters. The number of thioether (sulfide) groups is 1. The number of morpholine rings is 1. The molecule has 0 aromatic heterocycles. The van der Waals surface area contributed by atoms with E-state index < -0.39 is 17.6 Å². The van der Waals surface area contributed by atoms with Crippen molar-refractivity contribution in [1.29, 1.82) is 0 Å². The summed E-state index contributed by atoms with van der Waals surface area (Å²) in [5.74, 6) is 0.171. The topological polar surface area (TPSA) is 110 Å². The zero-order valence-corrected chi connectivity index (χ0v) is 20.4. The summed E-state index contributed by atoms with van der Waals surface area (Å²) >= 11 is 1.84. The van der Waals surface area contributed by atoms with Gasteiger partial charge < -0.3 is 29.5 Å². The molecular weight excluding hydrogens is 457 g/mol. The Balaban J connectivity index is 1.23. The van der Waals surface area contributed by atoms with E-state index >= 15 is 0 Å². The minimum absolute atomic E-state index is 0.0387. The Morgan fingerprint density at radius 1 is 1.38 bits per heavy atom. The highest BCUT2D eigenvalue weighted by Gasteiger charge is 2.50. The molecule has 0 bridgehead atoms. The monoisotopic (exact) mass is 491 g/mol. The fraction of sp³-hybridized carbons (Fsp3) is 0.900. The van der Waals surface area contributed by atoms with E-state index in [-0.39, 0.29) is 36.0 Å². The number of urea groups is 1. The number of nitrogens with zero attached hydrogens (tertiary/aromatic N) is 2. The molecular formula is C20H34N3O7PS. The van der Waals surface area contributed by atoms with E-state index in [1.54, 1.807) is 0 Å². The normalized spacial score (nSPS) is 35.3. The van der Waals surface area contributed by atoms with Gasteiger partial charge in [0.1, 0.15) is 6.23 Å². The summed E-state index contributed by atoms with van der Waals surface area (Å²) in [6.07, 6.45) is 4.13. The van der Waals surface area contributed by atoms with Crippen molar-refractivity contribution in [3.05, 3.63) is 0 Å². The molecule has 0 aliphatic carbocycles. The molecule has 10 nitrogen and oxygen atoms in total. The van der Waals surface area contributed by atoms with Crippen LogP contribution in [0.2, 0.25) is 0 Å². The Hall–Kier alpha value is -0.680. The third kappa shape index (κ3) is 5.51. The van der Waals surface area contributed by atoms with E-state index in [0.29, 0.717) is 32.7 Å². The molecule has 0 saturated carbocycles. The van der Waals surface area contributed by atoms with Crippen molar-refractivity contribution in [2.24, 2.45) is 0 Å². The number of hydrogen-bond donors (Lipinski definition) is 2. The summed E-state index contributed by atoms with van der Waals surface area (Å²) in [7, 11) is 3.75. The first kappa shape index (κ1) is 24.4. The number of ether oxygens (including phenoxy) is 3. The lowest BCUT2D eigenvalue weighted by molar-refractivity contribution is -0.255. The number of aliphatic hydroxyl groups is 1. The SMILES string of the molecule is COC1CN(OC(=O)C(O)(P)CCC[C@@H]2SC[C@H]3[C@@H]2NC(=O)N3C2CCCCO2)CCO1. The predicted molar refractivity (Wildman–Crippen MR) is 121 cm³/mol. The van der Waals surface area contributed by atoms with Crippen LogP contribution in [0.15, 0.2) is 0 Å². The predicted octanol–water partition coefficient (Wildman–Crippen LogP) is 0.888. The van der Waals surface area contributed by atoms with Gasteiger partial charge in [-0.3, -0.25) is 4.90 Å². The van der Waals surface area contributed by atoms with Crippen molar-refractivity contribution < 1.29 is 33.7 Å². The van der Waals surface area contributed by atoms with Crippen LogP contribution in [0.1, 0.15) is 38.5 Å². The second-order valence-electron chi connectivity index (χ2n) is 8.76. The smallest absolute Gasteiger partial charge is 0.360 e. The highest BCUT2D eigenvalue weighted by molar-refractivity contribution is 8.00. The largest absolute Gasteiger partial charge is 0.374 e. The van der Waals surface area contributed by atoms with E-state index in [0.717, 1.165) is 31.4 Å². The van der Waals surface area contributed by atoms with Crippen LogP contribution in [-0.2, 0) is 23.8 Å². The Labute approximate surface area is 195 Å². The molecule has 4 saturated heterocycles. The molecule has 182 valence electrons. The first-order valence-corrected chi connectivity index (χ1v) is 13.0. The Morgan fingerprint density at radius 3 is 2.97 bits per heavy atom. The lowest BCUT2D eigenvalue weighted by Gasteiger charge is -2.33. The minimum atomic E-state index is -1.66. The summed E-state index contributed by atoms with van der Waals surface area (Å²) in [5.41, 5.74) is 0. The number of fused-ring (bicyclic) bond motifs is 1. The van der Waals surface area contributed by atoms with Gasteiger partial charge in [-0.25, -0.2) is 9.59 Å². The fourth-order valence-electron chi connectivity index (χ4n) is 4.73. The first-order chi connectivity index (χ1) is 15.4. The summed E-state index contributed by atoms with van der Waals surface area (Å²) < 4.78 is 16.4. The van der Waals surface area contributed by atoms with Gasteiger partial charge in [0, 0.05) is 24.7 Å². The van der Waals surface area contributed by atoms with Crippen LogP contribution in [0.4, 0.5) is 4.79 Å². The van der Waals surface area contributed by atoms with Crippen LogP contribution in [-0.4, -0.2) is 101 Å². The van der Waals surface area contributed by atoms with Gasteiger partial charge in [0.2, 0.25) is 0 Å². The van der Waals surface area contributed by atoms with Gasteiger partial charge in [-0.1, -0.05) is 9.24 Å². The van der Waals surface area contributed by atoms with Crippen molar-refractivity contribution in [2.45, 2.75) is 73.7 Å². The van der Waals surface area contributed by atoms with Crippen LogP contribution in [0.3, 0.4) is 0 Å². The van der Waals surface area contributed by atoms with Gasteiger partial charge in [-0.15, -0.1) is 5.06 Å². The molecule has 0 aromatic rings. The van der Waals surface area contributed by atoms with Gasteiger partial charge in [-0.05, 0) is 38.5 Å². The van der Waals surface area contributed by atoms with Crippen LogP contribution in [0.25, 0.3) is 0 Å². The second kappa shape index (κ2) is 10.7. The Kier molecular flexibility index (Phi) is 8.19. The number of nitrogens with one attached hydrogen (secondary N) is 1. The lowest BCUT2D eigenvalue weighted by Crippen LogP contribution is -2.47. The molecule has 4 fully saturated rings. The molecule has 4 aliphatic heterocycles. The maximum atomic E-state index is 12.6. The van der Waals surface area contributed by atoms with E-state index in [9.17, 15) is 14.7 Å². The molecule has 4 heterocycles. The van der Waals surface area contributed by atoms with Gasteiger partial charge >= 0.3 is 12.0 Å². The summed E-state index contributed by atoms with van der Waals surface area (Å²) in [6.45, 7) is 1.82. The molecule has 2 amide bonds. The molecule has 0 aromatic carbocycles. The molecule has 7 atom stereocenters. The van der Waals surface area contributed by atoms with E-state index in [1.165, 1.54) is 12.2 Å². The van der Waals surface area contributed by atoms with E-state index in [4.69, 9.17) is 19.0 Å². The molecule has 0 spiro atoms. The summed E-state index contributed by atoms with van der Waals surface area (Å²) in [4.78, 5) is 32.3. The quantitative estimate of drug-likeness (QED) is 0.378. The number of carbonyl (C=O) groups excluding carboxylic acids is 2. The Morgan fingerprint density at radius 2 is 2.22 bits per heavy atom. The average Bonchev–Trinajstić information content (AvgIpc) is 3.32. The maximum Gasteiger partial charge on any atom is 0.360 e. The highest BCUT2D eigenvalue weighted by atomic mass is 32.2. The van der Waals surface area contributed by atoms with Crippen molar-refractivity contribution in [3.63, 3.8) is 0 Å². The van der Waals surface area contributed by atoms with Gasteiger partial charge in [0.25, 0.3) is 0 Å². The van der Waals surface area contributed by atoms with Crippen molar-refractivity contribution in [1.82, 2.24) is 15.3 Å². The zero-order valence-electron chi connectivity index (χ0n) is 18.4. The number of hydrogen-bond acceptors (Lipinski definition) is 9. The molecule has 32 heavy (non-hydrogen) atoms. The van der Waals surface area contributed by atoms with Gasteiger partial charge in [-0.2, -0.15) is 11.8 Å². The van der Waals surface area contributed by atoms with Gasteiger partial charge in [0.15, 0.2) is 11.6 Å². The van der Waals surface area contributed by atoms with Gasteiger partial charge in [0.05, 0.1) is 31.8 Å². The Bertz CT molecular complexity index is 682. The number of amides is 2. The first-order valence-electron chi connectivity index (χ1n) is 11.3. The van der Waals surface area contributed by atoms with Crippen LogP contribution >= 0.6 is 21.0 Å². The minimum Gasteiger partial charge on any atom is -0.374 e. The van der Waals surface area contributed by atoms with Crippen molar-refractivity contribution in [3.8, 4) is 0 Å². The number of rotatable bonds is 8. The van der Waals surface area contributed by atoms with E-state index in [2.05, 4.69) is 14.6 Å². The molecule has 2 N–H and O–H groups in total. The number of carbonyl (C=O) groups is 2. The molecule has 4 aliphatic rings.